The largest absolute Gasteiger partial charge is 0.291 e. The zero-order valence-corrected chi connectivity index (χ0v) is 28.7. The van der Waals surface area contributed by atoms with Gasteiger partial charge in [0.15, 0.2) is 11.6 Å². The zero-order valence-electron chi connectivity index (χ0n) is 27.1. The average molecular weight is 684 g/mol. The summed E-state index contributed by atoms with van der Waals surface area (Å²) in [7, 11) is 0. The second-order valence-corrected chi connectivity index (χ2v) is 15.4. The summed E-state index contributed by atoms with van der Waals surface area (Å²) in [5.41, 5.74) is 4.39. The van der Waals surface area contributed by atoms with Crippen molar-refractivity contribution in [2.24, 2.45) is 0 Å². The van der Waals surface area contributed by atoms with Crippen molar-refractivity contribution in [2.45, 2.75) is 0 Å². The summed E-state index contributed by atoms with van der Waals surface area (Å²) in [6.07, 6.45) is 0. The van der Waals surface area contributed by atoms with Crippen molar-refractivity contribution in [1.29, 1.82) is 0 Å². The molecule has 0 bridgehead atoms. The lowest BCUT2D eigenvalue weighted by Crippen LogP contribution is -2.02. The van der Waals surface area contributed by atoms with Crippen LogP contribution in [0.5, 0.6) is 0 Å². The Labute approximate surface area is 299 Å². The van der Waals surface area contributed by atoms with Gasteiger partial charge in [0.25, 0.3) is 0 Å². The fourth-order valence-corrected chi connectivity index (χ4v) is 10.8. The maximum atomic E-state index is 5.67. The first-order valence-corrected chi connectivity index (χ1v) is 18.8. The van der Waals surface area contributed by atoms with E-state index in [4.69, 9.17) is 9.97 Å². The summed E-state index contributed by atoms with van der Waals surface area (Å²) in [6.45, 7) is 0. The van der Waals surface area contributed by atoms with Crippen LogP contribution in [0.2, 0.25) is 0 Å². The highest BCUT2D eigenvalue weighted by Crippen LogP contribution is 2.49. The maximum Gasteiger partial charge on any atom is 0.162 e. The summed E-state index contributed by atoms with van der Waals surface area (Å²) in [5.74, 6) is 1.66. The highest BCUT2D eigenvalue weighted by molar-refractivity contribution is 7.27. The Bertz CT molecular complexity index is 3440. The van der Waals surface area contributed by atoms with Crippen LogP contribution >= 0.6 is 22.7 Å². The summed E-state index contributed by atoms with van der Waals surface area (Å²) in [6, 6.07) is 54.9. The van der Waals surface area contributed by atoms with Crippen LogP contribution in [0.3, 0.4) is 0 Å². The van der Waals surface area contributed by atoms with E-state index in [1.807, 2.05) is 11.3 Å². The first-order chi connectivity index (χ1) is 25.3. The minimum absolute atomic E-state index is 0.738. The number of benzene rings is 8. The molecule has 0 atom stereocenters. The smallest absolute Gasteiger partial charge is 0.162 e. The van der Waals surface area contributed by atoms with Crippen LogP contribution < -0.4 is 0 Å². The lowest BCUT2D eigenvalue weighted by Gasteiger charge is -2.14. The molecule has 0 saturated heterocycles. The minimum Gasteiger partial charge on any atom is -0.291 e. The van der Waals surface area contributed by atoms with Crippen LogP contribution in [0.15, 0.2) is 152 Å². The van der Waals surface area contributed by atoms with Crippen LogP contribution in [0.4, 0.5) is 0 Å². The molecule has 0 radical (unpaired) electrons. The number of para-hydroxylation sites is 1. The summed E-state index contributed by atoms with van der Waals surface area (Å²) in [5, 5.41) is 13.6. The predicted molar refractivity (Wildman–Crippen MR) is 220 cm³/mol. The summed E-state index contributed by atoms with van der Waals surface area (Å²) < 4.78 is 7.34. The molecular weight excluding hydrogens is 659 g/mol. The lowest BCUT2D eigenvalue weighted by molar-refractivity contribution is 1.09. The predicted octanol–water partition coefficient (Wildman–Crippen LogP) is 13.4. The van der Waals surface area contributed by atoms with Crippen molar-refractivity contribution in [1.82, 2.24) is 14.5 Å². The first kappa shape index (κ1) is 27.7. The number of hydrogen-bond acceptors (Lipinski definition) is 4. The third-order valence-electron chi connectivity index (χ3n) is 10.6. The molecule has 0 aliphatic rings. The second-order valence-electron chi connectivity index (χ2n) is 13.3. The first-order valence-electron chi connectivity index (χ1n) is 17.2. The van der Waals surface area contributed by atoms with E-state index in [-0.39, 0.29) is 0 Å². The van der Waals surface area contributed by atoms with E-state index in [1.165, 1.54) is 68.1 Å². The lowest BCUT2D eigenvalue weighted by atomic mass is 9.97. The molecular formula is C46H25N3S2. The van der Waals surface area contributed by atoms with Gasteiger partial charge in [0.1, 0.15) is 0 Å². The molecule has 5 heteroatoms. The van der Waals surface area contributed by atoms with Gasteiger partial charge in [-0.25, -0.2) is 9.97 Å². The van der Waals surface area contributed by atoms with E-state index in [0.29, 0.717) is 0 Å². The fraction of sp³-hybridized carbons (Fsp3) is 0. The standard InChI is InChI=1S/C46H25N3S2/c1-2-14-27-26(13-1)25-35(29-16-4-3-15-28(27)29)45-47-41-34-21-9-12-24-38(34)51-44(41)46(48-45)49-36-22-10-7-19-32(36)39-30-17-5-6-18-31(30)40-33-20-8-11-23-37(33)50-43(40)42(39)49/h1-25H. The third-order valence-corrected chi connectivity index (χ3v) is 12.9. The molecule has 0 saturated carbocycles. The van der Waals surface area contributed by atoms with Crippen LogP contribution in [-0.2, 0) is 0 Å². The van der Waals surface area contributed by atoms with Crippen molar-refractivity contribution in [2.75, 3.05) is 0 Å². The Morgan fingerprint density at radius 1 is 0.431 bits per heavy atom. The highest BCUT2D eigenvalue weighted by atomic mass is 32.1. The number of hydrogen-bond donors (Lipinski definition) is 0. The molecule has 0 aliphatic carbocycles. The van der Waals surface area contributed by atoms with Crippen LogP contribution in [0, 0.1) is 0 Å². The normalized spacial score (nSPS) is 12.3. The molecule has 51 heavy (non-hydrogen) atoms. The quantitative estimate of drug-likeness (QED) is 0.170. The Kier molecular flexibility index (Phi) is 5.53. The molecule has 0 amide bonds. The molecule has 3 nitrogen and oxygen atoms in total. The van der Waals surface area contributed by atoms with E-state index in [9.17, 15) is 0 Å². The third kappa shape index (κ3) is 3.71. The van der Waals surface area contributed by atoms with E-state index in [0.717, 1.165) is 43.7 Å². The molecule has 0 spiro atoms. The van der Waals surface area contributed by atoms with Crippen molar-refractivity contribution in [3.05, 3.63) is 152 Å². The Morgan fingerprint density at radius 3 is 1.80 bits per heavy atom. The maximum absolute atomic E-state index is 5.67. The molecule has 0 fully saturated rings. The number of aromatic nitrogens is 3. The van der Waals surface area contributed by atoms with Crippen LogP contribution in [-0.4, -0.2) is 14.5 Å². The second kappa shape index (κ2) is 10.2. The van der Waals surface area contributed by atoms with Gasteiger partial charge < -0.3 is 0 Å². The number of thiophene rings is 2. The van der Waals surface area contributed by atoms with Crippen molar-refractivity contribution in [3.63, 3.8) is 0 Å². The zero-order chi connectivity index (χ0) is 33.2. The topological polar surface area (TPSA) is 30.7 Å². The van der Waals surface area contributed by atoms with Crippen molar-refractivity contribution in [3.8, 4) is 17.2 Å². The van der Waals surface area contributed by atoms with Gasteiger partial charge in [0, 0.05) is 41.9 Å². The Hall–Kier alpha value is -6.14. The van der Waals surface area contributed by atoms with E-state index >= 15 is 0 Å². The van der Waals surface area contributed by atoms with Gasteiger partial charge >= 0.3 is 0 Å². The molecule has 236 valence electrons. The van der Waals surface area contributed by atoms with Gasteiger partial charge in [-0.1, -0.05) is 127 Å². The Morgan fingerprint density at radius 2 is 1.00 bits per heavy atom. The van der Waals surface area contributed by atoms with Gasteiger partial charge in [0.2, 0.25) is 0 Å². The number of fused-ring (bicyclic) bond motifs is 16. The van der Waals surface area contributed by atoms with Crippen LogP contribution in [0.25, 0.3) is 112 Å². The molecule has 4 heterocycles. The van der Waals surface area contributed by atoms with Gasteiger partial charge in [-0.05, 0) is 56.6 Å². The molecule has 0 N–H and O–H groups in total. The van der Waals surface area contributed by atoms with E-state index in [1.54, 1.807) is 11.3 Å². The molecule has 0 unspecified atom stereocenters. The number of nitrogens with zero attached hydrogens (tertiary/aromatic N) is 3. The van der Waals surface area contributed by atoms with Gasteiger partial charge in [-0.15, -0.1) is 22.7 Å². The molecule has 12 rings (SSSR count). The van der Waals surface area contributed by atoms with Gasteiger partial charge in [-0.3, -0.25) is 4.57 Å². The fourth-order valence-electron chi connectivity index (χ4n) is 8.43. The minimum atomic E-state index is 0.738. The molecule has 0 aliphatic heterocycles. The summed E-state index contributed by atoms with van der Waals surface area (Å²) >= 11 is 3.67. The number of rotatable bonds is 2. The monoisotopic (exact) mass is 683 g/mol. The van der Waals surface area contributed by atoms with Crippen molar-refractivity contribution < 1.29 is 0 Å². The van der Waals surface area contributed by atoms with Crippen LogP contribution in [0.1, 0.15) is 0 Å². The summed E-state index contributed by atoms with van der Waals surface area (Å²) in [4.78, 5) is 11.1. The van der Waals surface area contributed by atoms with Gasteiger partial charge in [-0.2, -0.15) is 0 Å². The molecule has 12 aromatic rings. The van der Waals surface area contributed by atoms with E-state index in [2.05, 4.69) is 156 Å². The molecule has 4 aromatic heterocycles. The molecule has 8 aromatic carbocycles. The Balaban J connectivity index is 1.32. The average Bonchev–Trinajstić information content (AvgIpc) is 3.88. The van der Waals surface area contributed by atoms with E-state index < -0.39 is 0 Å². The van der Waals surface area contributed by atoms with Gasteiger partial charge in [0.05, 0.1) is 25.9 Å². The highest BCUT2D eigenvalue weighted by Gasteiger charge is 2.25. The SMILES string of the molecule is c1ccc2c(c1)cc(-c1nc(-n3c4ccccc4c4c5ccccc5c5c6ccccc6sc5c43)c3sc4ccccc4c3n1)c1ccccc12. The van der Waals surface area contributed by atoms with Crippen molar-refractivity contribution >= 4 is 117 Å².